The number of nitrogens with one attached hydrogen (secondary N) is 1. The van der Waals surface area contributed by atoms with E-state index in [0.717, 1.165) is 18.4 Å². The molecule has 0 aliphatic heterocycles. The number of anilines is 1. The molecule has 1 fully saturated rings. The van der Waals surface area contributed by atoms with Crippen LogP contribution in [0, 0.1) is 11.7 Å². The highest BCUT2D eigenvalue weighted by molar-refractivity contribution is 7.92. The van der Waals surface area contributed by atoms with Crippen LogP contribution in [0.4, 0.5) is 23.4 Å². The van der Waals surface area contributed by atoms with Gasteiger partial charge in [-0.25, -0.2) is 17.8 Å². The number of ether oxygens (including phenoxy) is 1. The smallest absolute Gasteiger partial charge is 0.375 e. The quantitative estimate of drug-likeness (QED) is 0.511. The number of halogens is 4. The zero-order valence-electron chi connectivity index (χ0n) is 14.7. The highest BCUT2D eigenvalue weighted by Crippen LogP contribution is 2.33. The fraction of sp³-hybridized carbons (Fsp3) is 0.389. The number of alkyl halides is 3. The zero-order valence-corrected chi connectivity index (χ0v) is 15.5. The van der Waals surface area contributed by atoms with Crippen LogP contribution in [-0.4, -0.2) is 20.0 Å². The first kappa shape index (κ1) is 20.5. The van der Waals surface area contributed by atoms with E-state index < -0.39 is 32.5 Å². The average molecular weight is 418 g/mol. The fourth-order valence-electron chi connectivity index (χ4n) is 2.54. The molecule has 1 saturated carbocycles. The van der Waals surface area contributed by atoms with E-state index in [1.54, 1.807) is 12.1 Å². The number of nitrogens with zero attached hydrogens (tertiary/aromatic N) is 1. The van der Waals surface area contributed by atoms with E-state index >= 15 is 0 Å². The molecule has 5 nitrogen and oxygen atoms in total. The van der Waals surface area contributed by atoms with Gasteiger partial charge in [-0.2, -0.15) is 13.2 Å². The molecule has 0 saturated heterocycles. The topological polar surface area (TPSA) is 68.3 Å². The van der Waals surface area contributed by atoms with Crippen molar-refractivity contribution in [2.45, 2.75) is 36.9 Å². The Balaban J connectivity index is 1.70. The van der Waals surface area contributed by atoms with Gasteiger partial charge in [-0.1, -0.05) is 18.9 Å². The Bertz CT molecular complexity index is 944. The molecule has 1 N–H and O–H groups in total. The molecule has 1 aromatic heterocycles. The Labute approximate surface area is 159 Å². The van der Waals surface area contributed by atoms with Crippen LogP contribution in [0.2, 0.25) is 0 Å². The first-order valence-corrected chi connectivity index (χ1v) is 10.1. The van der Waals surface area contributed by atoms with Crippen LogP contribution in [0.1, 0.15) is 30.5 Å². The van der Waals surface area contributed by atoms with Crippen molar-refractivity contribution < 1.29 is 30.7 Å². The van der Waals surface area contributed by atoms with Crippen LogP contribution >= 0.6 is 0 Å². The molecule has 0 unspecified atom stereocenters. The Hall–Kier alpha value is -2.20. The van der Waals surface area contributed by atoms with Gasteiger partial charge in [-0.3, -0.25) is 4.72 Å². The van der Waals surface area contributed by atoms with Crippen molar-refractivity contribution >= 4 is 15.8 Å². The zero-order chi connectivity index (χ0) is 20.4. The molecule has 0 spiro atoms. The normalized spacial score (nSPS) is 14.9. The lowest BCUT2D eigenvalue weighted by Gasteiger charge is -2.12. The van der Waals surface area contributed by atoms with E-state index in [1.165, 1.54) is 18.9 Å². The maximum atomic E-state index is 13.4. The molecule has 152 valence electrons. The number of benzene rings is 1. The van der Waals surface area contributed by atoms with Gasteiger partial charge in [0.1, 0.15) is 11.6 Å². The molecule has 1 heterocycles. The van der Waals surface area contributed by atoms with E-state index in [4.69, 9.17) is 4.74 Å². The van der Waals surface area contributed by atoms with Crippen molar-refractivity contribution in [3.05, 3.63) is 53.5 Å². The first-order valence-electron chi connectivity index (χ1n) is 8.58. The number of aromatic nitrogens is 1. The van der Waals surface area contributed by atoms with Crippen molar-refractivity contribution in [3.8, 4) is 0 Å². The largest absolute Gasteiger partial charge is 0.419 e. The predicted molar refractivity (Wildman–Crippen MR) is 93.4 cm³/mol. The molecule has 1 aromatic carbocycles. The Morgan fingerprint density at radius 1 is 1.18 bits per heavy atom. The lowest BCUT2D eigenvalue weighted by molar-refractivity contribution is -0.140. The molecule has 10 heteroatoms. The molecule has 0 bridgehead atoms. The molecule has 0 radical (unpaired) electrons. The van der Waals surface area contributed by atoms with Gasteiger partial charge in [0.15, 0.2) is 0 Å². The molecular weight excluding hydrogens is 400 g/mol. The second-order valence-corrected chi connectivity index (χ2v) is 8.23. The van der Waals surface area contributed by atoms with Crippen molar-refractivity contribution in [2.75, 3.05) is 11.3 Å². The van der Waals surface area contributed by atoms with Gasteiger partial charge in [0.25, 0.3) is 10.0 Å². The van der Waals surface area contributed by atoms with Crippen LogP contribution in [0.15, 0.2) is 41.3 Å². The van der Waals surface area contributed by atoms with E-state index in [-0.39, 0.29) is 18.5 Å². The number of hydrogen-bond acceptors (Lipinski definition) is 4. The van der Waals surface area contributed by atoms with E-state index in [1.807, 2.05) is 0 Å². The fourth-order valence-corrected chi connectivity index (χ4v) is 3.56. The third kappa shape index (κ3) is 5.41. The summed E-state index contributed by atoms with van der Waals surface area (Å²) in [6.45, 7) is 0.773. The maximum absolute atomic E-state index is 13.4. The third-order valence-electron chi connectivity index (χ3n) is 4.22. The average Bonchev–Trinajstić information content (AvgIpc) is 3.42. The molecule has 0 amide bonds. The summed E-state index contributed by atoms with van der Waals surface area (Å²) in [5.74, 6) is -0.889. The van der Waals surface area contributed by atoms with Crippen molar-refractivity contribution in [1.82, 2.24) is 4.98 Å². The summed E-state index contributed by atoms with van der Waals surface area (Å²) in [6.07, 6.45) is -1.60. The van der Waals surface area contributed by atoms with E-state index in [0.29, 0.717) is 18.4 Å². The van der Waals surface area contributed by atoms with Crippen LogP contribution in [0.3, 0.4) is 0 Å². The van der Waals surface area contributed by atoms with E-state index in [9.17, 15) is 26.0 Å². The van der Waals surface area contributed by atoms with Gasteiger partial charge in [0, 0.05) is 6.61 Å². The summed E-state index contributed by atoms with van der Waals surface area (Å²) in [5, 5.41) is 0. The minimum Gasteiger partial charge on any atom is -0.375 e. The number of pyridine rings is 1. The number of hydrogen-bond donors (Lipinski definition) is 1. The minimum absolute atomic E-state index is 0.0684. The first-order chi connectivity index (χ1) is 13.1. The second-order valence-electron chi connectivity index (χ2n) is 6.54. The summed E-state index contributed by atoms with van der Waals surface area (Å²) >= 11 is 0. The predicted octanol–water partition coefficient (Wildman–Crippen LogP) is 4.36. The van der Waals surface area contributed by atoms with Gasteiger partial charge >= 0.3 is 6.18 Å². The minimum atomic E-state index is -5.01. The molecule has 3 rings (SSSR count). The third-order valence-corrected chi connectivity index (χ3v) is 5.57. The molecular formula is C18H18F4N2O3S. The summed E-state index contributed by atoms with van der Waals surface area (Å²) in [4.78, 5) is 3.38. The summed E-state index contributed by atoms with van der Waals surface area (Å²) in [5.41, 5.74) is -1.17. The monoisotopic (exact) mass is 418 g/mol. The van der Waals surface area contributed by atoms with Crippen molar-refractivity contribution in [3.63, 3.8) is 0 Å². The molecule has 0 atom stereocenters. The van der Waals surface area contributed by atoms with Crippen LogP contribution < -0.4 is 4.72 Å². The Morgan fingerprint density at radius 3 is 2.61 bits per heavy atom. The van der Waals surface area contributed by atoms with Crippen molar-refractivity contribution in [2.24, 2.45) is 5.92 Å². The highest BCUT2D eigenvalue weighted by Gasteiger charge is 2.35. The Kier molecular flexibility index (Phi) is 5.90. The summed E-state index contributed by atoms with van der Waals surface area (Å²) < 4.78 is 84.2. The van der Waals surface area contributed by atoms with Gasteiger partial charge in [0.05, 0.1) is 22.8 Å². The van der Waals surface area contributed by atoms with Gasteiger partial charge < -0.3 is 4.74 Å². The van der Waals surface area contributed by atoms with Crippen molar-refractivity contribution in [1.29, 1.82) is 0 Å². The lowest BCUT2D eigenvalue weighted by atomic mass is 10.2. The molecule has 1 aliphatic rings. The SMILES string of the molecule is O=S(=O)(Nc1cccc(COCCC2CC2)n1)c1ccc(F)c(C(F)(F)F)c1. The van der Waals surface area contributed by atoms with Crippen LogP contribution in [-0.2, 0) is 27.5 Å². The van der Waals surface area contributed by atoms with E-state index in [2.05, 4.69) is 9.71 Å². The number of rotatable bonds is 8. The van der Waals surface area contributed by atoms with Gasteiger partial charge in [-0.05, 0) is 42.7 Å². The summed E-state index contributed by atoms with van der Waals surface area (Å²) in [6, 6.07) is 6.04. The lowest BCUT2D eigenvalue weighted by Crippen LogP contribution is -2.16. The standard InChI is InChI=1S/C18H18F4N2O3S/c19-16-7-6-14(10-15(16)18(20,21)22)28(25,26)24-17-3-1-2-13(23-17)11-27-9-8-12-4-5-12/h1-3,6-7,10,12H,4-5,8-9,11H2,(H,23,24). The maximum Gasteiger partial charge on any atom is 0.419 e. The molecule has 1 aliphatic carbocycles. The number of sulfonamides is 1. The van der Waals surface area contributed by atoms with Crippen LogP contribution in [0.25, 0.3) is 0 Å². The second kappa shape index (κ2) is 8.04. The molecule has 2 aromatic rings. The van der Waals surface area contributed by atoms with Crippen LogP contribution in [0.5, 0.6) is 0 Å². The molecule has 28 heavy (non-hydrogen) atoms. The van der Waals surface area contributed by atoms with Gasteiger partial charge in [-0.15, -0.1) is 0 Å². The highest BCUT2D eigenvalue weighted by atomic mass is 32.2. The Morgan fingerprint density at radius 2 is 1.93 bits per heavy atom. The summed E-state index contributed by atoms with van der Waals surface area (Å²) in [7, 11) is -4.38. The van der Waals surface area contributed by atoms with Gasteiger partial charge in [0.2, 0.25) is 0 Å².